The third kappa shape index (κ3) is 3.78. The van der Waals surface area contributed by atoms with Crippen LogP contribution in [0.5, 0.6) is 11.6 Å². The molecule has 1 aromatic carbocycles. The summed E-state index contributed by atoms with van der Waals surface area (Å²) < 4.78 is 41.8. The number of carbonyl (C=O) groups excluding carboxylic acids is 1. The van der Waals surface area contributed by atoms with Crippen molar-refractivity contribution < 1.29 is 23.0 Å². The highest BCUT2D eigenvalue weighted by Gasteiger charge is 2.44. The van der Waals surface area contributed by atoms with Crippen LogP contribution < -0.4 is 14.8 Å². The molecule has 11 heteroatoms. The maximum Gasteiger partial charge on any atom is 0.235 e. The number of aromatic nitrogens is 4. The molecule has 192 valence electrons. The molecule has 0 bridgehead atoms. The number of hydrogen-bond donors (Lipinski definition) is 1. The molecular formula is C27H22F2N6O3. The van der Waals surface area contributed by atoms with Gasteiger partial charge in [0.05, 0.1) is 35.0 Å². The van der Waals surface area contributed by atoms with Crippen LogP contribution in [0, 0.1) is 18.6 Å². The number of halogens is 2. The number of hydrogen-bond acceptors (Lipinski definition) is 7. The van der Waals surface area contributed by atoms with Crippen LogP contribution in [0.25, 0.3) is 17.2 Å². The van der Waals surface area contributed by atoms with E-state index < -0.39 is 17.0 Å². The second-order valence-corrected chi connectivity index (χ2v) is 9.46. The van der Waals surface area contributed by atoms with Crippen molar-refractivity contribution in [2.24, 2.45) is 4.99 Å². The van der Waals surface area contributed by atoms with Gasteiger partial charge in [0, 0.05) is 6.20 Å². The molecule has 0 radical (unpaired) electrons. The van der Waals surface area contributed by atoms with E-state index in [0.717, 1.165) is 0 Å². The summed E-state index contributed by atoms with van der Waals surface area (Å²) in [6, 6.07) is 7.04. The second kappa shape index (κ2) is 8.72. The van der Waals surface area contributed by atoms with Crippen molar-refractivity contribution in [3.8, 4) is 23.1 Å². The number of benzene rings is 1. The first-order valence-corrected chi connectivity index (χ1v) is 11.9. The maximum atomic E-state index is 14.1. The molecule has 3 aromatic heterocycles. The SMILES string of the molecule is Cc1nc2c(OCc3c(F)cccc3F)cccn2c1-c1nc2c(c(OC3=CCN=C3)n1)C(C)(C)C(=O)N2. The Kier molecular flexibility index (Phi) is 5.44. The number of nitrogens with one attached hydrogen (secondary N) is 1. The van der Waals surface area contributed by atoms with Crippen LogP contribution in [-0.4, -0.2) is 38.0 Å². The number of allylic oxidation sites excluding steroid dienone is 1. The Labute approximate surface area is 215 Å². The van der Waals surface area contributed by atoms with Crippen molar-refractivity contribution >= 4 is 23.6 Å². The topological polar surface area (TPSA) is 103 Å². The normalized spacial score (nSPS) is 15.5. The van der Waals surface area contributed by atoms with E-state index in [1.807, 2.05) is 6.08 Å². The van der Waals surface area contributed by atoms with Crippen LogP contribution in [0.3, 0.4) is 0 Å². The van der Waals surface area contributed by atoms with Crippen LogP contribution in [0.4, 0.5) is 14.6 Å². The lowest BCUT2D eigenvalue weighted by Gasteiger charge is -2.18. The smallest absolute Gasteiger partial charge is 0.235 e. The van der Waals surface area contributed by atoms with Gasteiger partial charge in [-0.3, -0.25) is 14.2 Å². The van der Waals surface area contributed by atoms with Crippen molar-refractivity contribution in [3.05, 3.63) is 76.8 Å². The third-order valence-electron chi connectivity index (χ3n) is 6.57. The molecular weight excluding hydrogens is 494 g/mol. The minimum atomic E-state index is -0.906. The van der Waals surface area contributed by atoms with Crippen molar-refractivity contribution in [2.75, 3.05) is 11.9 Å². The van der Waals surface area contributed by atoms with Crippen LogP contribution in [0.1, 0.15) is 30.7 Å². The molecule has 0 spiro atoms. The van der Waals surface area contributed by atoms with Crippen molar-refractivity contribution in [2.45, 2.75) is 32.8 Å². The highest BCUT2D eigenvalue weighted by atomic mass is 19.1. The summed E-state index contributed by atoms with van der Waals surface area (Å²) in [6.07, 6.45) is 5.17. The summed E-state index contributed by atoms with van der Waals surface area (Å²) >= 11 is 0. The zero-order valence-corrected chi connectivity index (χ0v) is 20.7. The average molecular weight is 517 g/mol. The Morgan fingerprint density at radius 2 is 1.89 bits per heavy atom. The lowest BCUT2D eigenvalue weighted by atomic mass is 9.87. The van der Waals surface area contributed by atoms with E-state index in [4.69, 9.17) is 14.5 Å². The fraction of sp³-hybridized carbons (Fsp3) is 0.222. The molecule has 38 heavy (non-hydrogen) atoms. The Bertz CT molecular complexity index is 1670. The second-order valence-electron chi connectivity index (χ2n) is 9.46. The number of anilines is 1. The van der Waals surface area contributed by atoms with Crippen LogP contribution in [-0.2, 0) is 16.8 Å². The summed E-state index contributed by atoms with van der Waals surface area (Å²) in [7, 11) is 0. The van der Waals surface area contributed by atoms with Crippen LogP contribution in [0.2, 0.25) is 0 Å². The first-order chi connectivity index (χ1) is 18.2. The van der Waals surface area contributed by atoms with E-state index in [2.05, 4.69) is 20.3 Å². The molecule has 0 saturated heterocycles. The van der Waals surface area contributed by atoms with Gasteiger partial charge in [0.1, 0.15) is 35.5 Å². The number of amides is 1. The summed E-state index contributed by atoms with van der Waals surface area (Å²) in [4.78, 5) is 30.9. The number of rotatable bonds is 6. The molecule has 0 saturated carbocycles. The predicted molar refractivity (Wildman–Crippen MR) is 135 cm³/mol. The number of fused-ring (bicyclic) bond motifs is 2. The molecule has 0 fully saturated rings. The summed E-state index contributed by atoms with van der Waals surface area (Å²) in [5.41, 5.74) is 1.01. The maximum absolute atomic E-state index is 14.1. The largest absolute Gasteiger partial charge is 0.485 e. The number of carbonyl (C=O) groups is 1. The number of aliphatic imine (C=N–C) groups is 1. The molecule has 2 aliphatic heterocycles. The molecule has 9 nitrogen and oxygen atoms in total. The molecule has 5 heterocycles. The molecule has 6 rings (SSSR count). The first-order valence-electron chi connectivity index (χ1n) is 11.9. The molecule has 1 N–H and O–H groups in total. The van der Waals surface area contributed by atoms with Gasteiger partial charge in [0.2, 0.25) is 11.8 Å². The van der Waals surface area contributed by atoms with Crippen molar-refractivity contribution in [3.63, 3.8) is 0 Å². The first kappa shape index (κ1) is 23.7. The predicted octanol–water partition coefficient (Wildman–Crippen LogP) is 4.53. The Hall–Kier alpha value is -4.67. The fourth-order valence-corrected chi connectivity index (χ4v) is 4.53. The monoisotopic (exact) mass is 516 g/mol. The van der Waals surface area contributed by atoms with E-state index in [1.54, 1.807) is 49.7 Å². The lowest BCUT2D eigenvalue weighted by molar-refractivity contribution is -0.119. The molecule has 4 aromatic rings. The number of ether oxygens (including phenoxy) is 2. The van der Waals surface area contributed by atoms with Crippen LogP contribution >= 0.6 is 0 Å². The Morgan fingerprint density at radius 3 is 2.63 bits per heavy atom. The number of nitrogens with zero attached hydrogens (tertiary/aromatic N) is 5. The Morgan fingerprint density at radius 1 is 1.11 bits per heavy atom. The molecule has 0 atom stereocenters. The number of aryl methyl sites for hydroxylation is 1. The number of pyridine rings is 1. The zero-order chi connectivity index (χ0) is 26.6. The minimum Gasteiger partial charge on any atom is -0.485 e. The summed E-state index contributed by atoms with van der Waals surface area (Å²) in [5, 5.41) is 2.83. The fourth-order valence-electron chi connectivity index (χ4n) is 4.53. The zero-order valence-electron chi connectivity index (χ0n) is 20.7. The highest BCUT2D eigenvalue weighted by Crippen LogP contribution is 2.43. The lowest BCUT2D eigenvalue weighted by Crippen LogP contribution is -2.27. The van der Waals surface area contributed by atoms with Gasteiger partial charge in [-0.2, -0.15) is 4.98 Å². The summed E-state index contributed by atoms with van der Waals surface area (Å²) in [6.45, 7) is 5.53. The van der Waals surface area contributed by atoms with Gasteiger partial charge in [0.25, 0.3) is 0 Å². The van der Waals surface area contributed by atoms with Crippen molar-refractivity contribution in [1.29, 1.82) is 0 Å². The molecule has 2 aliphatic rings. The van der Waals surface area contributed by atoms with Gasteiger partial charge in [-0.25, -0.2) is 18.7 Å². The Balaban J connectivity index is 1.44. The standard InChI is InChI=1S/C27H22F2N6O3/c1-14-21(35-11-5-8-19(24(35)31-14)37-13-16-17(28)6-4-7-18(16)29)23-32-22-20(27(2,3)26(36)34-22)25(33-23)38-15-9-10-30-12-15/h4-9,11-12H,10,13H2,1-3H3,(H,32,33,34,36). The molecule has 0 unspecified atom stereocenters. The van der Waals surface area contributed by atoms with Gasteiger partial charge >= 0.3 is 0 Å². The van der Waals surface area contributed by atoms with Gasteiger partial charge in [0.15, 0.2) is 17.2 Å². The molecule has 0 aliphatic carbocycles. The third-order valence-corrected chi connectivity index (χ3v) is 6.57. The minimum absolute atomic E-state index is 0.176. The average Bonchev–Trinajstić information content (AvgIpc) is 3.55. The van der Waals surface area contributed by atoms with Gasteiger partial charge in [-0.1, -0.05) is 6.07 Å². The van der Waals surface area contributed by atoms with E-state index in [1.165, 1.54) is 18.2 Å². The van der Waals surface area contributed by atoms with E-state index in [0.29, 0.717) is 46.5 Å². The van der Waals surface area contributed by atoms with Gasteiger partial charge < -0.3 is 14.8 Å². The van der Waals surface area contributed by atoms with Gasteiger partial charge in [-0.15, -0.1) is 0 Å². The number of imidazole rings is 1. The summed E-state index contributed by atoms with van der Waals surface area (Å²) in [5.74, 6) is 0.115. The van der Waals surface area contributed by atoms with E-state index >= 15 is 0 Å². The molecule has 1 amide bonds. The van der Waals surface area contributed by atoms with Gasteiger partial charge in [-0.05, 0) is 51.1 Å². The van der Waals surface area contributed by atoms with Crippen LogP contribution in [0.15, 0.2) is 53.4 Å². The van der Waals surface area contributed by atoms with E-state index in [9.17, 15) is 13.6 Å². The highest BCUT2D eigenvalue weighted by molar-refractivity contribution is 6.05. The van der Waals surface area contributed by atoms with Crippen molar-refractivity contribution in [1.82, 2.24) is 19.4 Å². The van der Waals surface area contributed by atoms with E-state index in [-0.39, 0.29) is 29.8 Å². The quantitative estimate of drug-likeness (QED) is 0.404.